The quantitative estimate of drug-likeness (QED) is 0.409. The lowest BCUT2D eigenvalue weighted by atomic mass is 9.77. The van der Waals surface area contributed by atoms with Crippen LogP contribution in [0.3, 0.4) is 0 Å². The van der Waals surface area contributed by atoms with E-state index in [1.807, 2.05) is 33.1 Å². The number of aryl methyl sites for hydroxylation is 1. The number of aliphatic hydroxyl groups excluding tert-OH is 1. The number of halogens is 1. The minimum atomic E-state index is -0.812. The van der Waals surface area contributed by atoms with Gasteiger partial charge in [-0.2, -0.15) is 0 Å². The molecule has 180 valence electrons. The molecule has 1 aromatic rings. The molecule has 2 aliphatic rings. The van der Waals surface area contributed by atoms with Crippen molar-refractivity contribution in [3.8, 4) is 0 Å². The number of hydrogen-bond donors (Lipinski definition) is 2. The van der Waals surface area contributed by atoms with E-state index in [1.165, 1.54) is 6.07 Å². The molecule has 0 saturated carbocycles. The summed E-state index contributed by atoms with van der Waals surface area (Å²) >= 11 is 0. The van der Waals surface area contributed by atoms with Gasteiger partial charge in [0.2, 0.25) is 0 Å². The number of allylic oxidation sites excluding steroid dienone is 3. The molecule has 0 amide bonds. The highest BCUT2D eigenvalue weighted by Gasteiger charge is 2.25. The molecule has 1 unspecified atom stereocenters. The van der Waals surface area contributed by atoms with Crippen molar-refractivity contribution >= 4 is 11.9 Å². The third-order valence-electron chi connectivity index (χ3n) is 6.65. The fourth-order valence-corrected chi connectivity index (χ4v) is 4.50. The van der Waals surface area contributed by atoms with E-state index in [4.69, 9.17) is 9.73 Å². The maximum Gasteiger partial charge on any atom is 0.144 e. The van der Waals surface area contributed by atoms with Crippen LogP contribution in [0.25, 0.3) is 0 Å². The van der Waals surface area contributed by atoms with E-state index in [2.05, 4.69) is 30.2 Å². The Kier molecular flexibility index (Phi) is 8.74. The van der Waals surface area contributed by atoms with Crippen LogP contribution in [0.4, 0.5) is 4.39 Å². The second-order valence-corrected chi connectivity index (χ2v) is 9.76. The topological polar surface area (TPSA) is 66.2 Å². The first-order valence-corrected chi connectivity index (χ1v) is 11.9. The van der Waals surface area contributed by atoms with Gasteiger partial charge in [0.1, 0.15) is 12.0 Å². The van der Waals surface area contributed by atoms with E-state index < -0.39 is 6.23 Å². The van der Waals surface area contributed by atoms with Crippen LogP contribution in [0.5, 0.6) is 0 Å². The van der Waals surface area contributed by atoms with Crippen LogP contribution in [0, 0.1) is 12.7 Å². The molecule has 0 radical (unpaired) electrons. The zero-order valence-corrected chi connectivity index (χ0v) is 20.6. The van der Waals surface area contributed by atoms with Crippen LogP contribution in [0.1, 0.15) is 70.9 Å². The first kappa shape index (κ1) is 25.5. The van der Waals surface area contributed by atoms with E-state index in [1.54, 1.807) is 6.07 Å². The second-order valence-electron chi connectivity index (χ2n) is 9.76. The van der Waals surface area contributed by atoms with Gasteiger partial charge in [-0.3, -0.25) is 15.3 Å². The van der Waals surface area contributed by atoms with Crippen LogP contribution >= 0.6 is 0 Å². The van der Waals surface area contributed by atoms with Crippen LogP contribution in [-0.2, 0) is 10.2 Å². The van der Waals surface area contributed by atoms with Gasteiger partial charge >= 0.3 is 0 Å². The van der Waals surface area contributed by atoms with E-state index in [-0.39, 0.29) is 17.3 Å². The maximum atomic E-state index is 13.9. The van der Waals surface area contributed by atoms with E-state index in [0.29, 0.717) is 18.9 Å². The standard InChI is InChI=1S/C27H38FN3O2/c1-18-8-9-22(28)17-24(18)27(4,5)13-10-21-7-6-14-29-19(2)25(21)30-20(3)26(32)31-23-11-15-33-16-12-23/h7-9,14,17,23,26,31-32H,6,10-13,15-16H2,1-5H3. The molecule has 0 spiro atoms. The predicted molar refractivity (Wildman–Crippen MR) is 133 cm³/mol. The molecular formula is C27H38FN3O2. The zero-order chi connectivity index (χ0) is 24.0. The first-order chi connectivity index (χ1) is 15.7. The van der Waals surface area contributed by atoms with Crippen molar-refractivity contribution in [2.75, 3.05) is 13.2 Å². The molecule has 1 atom stereocenters. The minimum absolute atomic E-state index is 0.192. The minimum Gasteiger partial charge on any atom is -0.381 e. The van der Waals surface area contributed by atoms with Crippen LogP contribution in [0.2, 0.25) is 0 Å². The molecule has 6 heteroatoms. The molecule has 2 aliphatic heterocycles. The number of aliphatic hydroxyl groups is 1. The summed E-state index contributed by atoms with van der Waals surface area (Å²) in [5.74, 6) is -0.201. The highest BCUT2D eigenvalue weighted by molar-refractivity contribution is 5.87. The lowest BCUT2D eigenvalue weighted by Crippen LogP contribution is -2.45. The van der Waals surface area contributed by atoms with Crippen molar-refractivity contribution in [1.29, 1.82) is 0 Å². The summed E-state index contributed by atoms with van der Waals surface area (Å²) < 4.78 is 19.3. The van der Waals surface area contributed by atoms with Crippen molar-refractivity contribution in [2.45, 2.75) is 84.4 Å². The van der Waals surface area contributed by atoms with Gasteiger partial charge in [-0.1, -0.05) is 26.0 Å². The lowest BCUT2D eigenvalue weighted by Gasteiger charge is -2.28. The highest BCUT2D eigenvalue weighted by Crippen LogP contribution is 2.35. The lowest BCUT2D eigenvalue weighted by molar-refractivity contribution is 0.0632. The van der Waals surface area contributed by atoms with E-state index in [9.17, 15) is 9.50 Å². The number of hydrogen-bond acceptors (Lipinski definition) is 5. The number of nitrogens with zero attached hydrogens (tertiary/aromatic N) is 2. The number of aliphatic imine (C=N–C) groups is 2. The predicted octanol–water partition coefficient (Wildman–Crippen LogP) is 5.37. The summed E-state index contributed by atoms with van der Waals surface area (Å²) in [4.78, 5) is 9.38. The fourth-order valence-electron chi connectivity index (χ4n) is 4.50. The molecule has 0 bridgehead atoms. The molecule has 1 aromatic carbocycles. The van der Waals surface area contributed by atoms with Gasteiger partial charge in [0.25, 0.3) is 0 Å². The SMILES string of the molecule is CC(=NC1=C(C)N=CCC=C1CCC(C)(C)c1cc(F)ccc1C)C(O)NC1CCOCC1. The van der Waals surface area contributed by atoms with Crippen LogP contribution < -0.4 is 5.32 Å². The molecule has 5 nitrogen and oxygen atoms in total. The van der Waals surface area contributed by atoms with Gasteiger partial charge in [-0.05, 0) is 80.7 Å². The molecule has 1 saturated heterocycles. The summed E-state index contributed by atoms with van der Waals surface area (Å²) in [6.45, 7) is 11.6. The zero-order valence-electron chi connectivity index (χ0n) is 20.6. The molecule has 2 N–H and O–H groups in total. The largest absolute Gasteiger partial charge is 0.381 e. The summed E-state index contributed by atoms with van der Waals surface area (Å²) in [7, 11) is 0. The Bertz CT molecular complexity index is 956. The van der Waals surface area contributed by atoms with Crippen molar-refractivity contribution in [3.63, 3.8) is 0 Å². The second kappa shape index (κ2) is 11.3. The van der Waals surface area contributed by atoms with Crippen molar-refractivity contribution < 1.29 is 14.2 Å². The Hall–Kier alpha value is -2.15. The van der Waals surface area contributed by atoms with Crippen LogP contribution in [-0.4, -0.2) is 42.5 Å². The van der Waals surface area contributed by atoms with Gasteiger partial charge in [-0.25, -0.2) is 4.39 Å². The van der Waals surface area contributed by atoms with Gasteiger partial charge in [0, 0.05) is 31.9 Å². The molecule has 0 aromatic heterocycles. The van der Waals surface area contributed by atoms with Crippen LogP contribution in [0.15, 0.2) is 51.2 Å². The molecule has 3 rings (SSSR count). The average molecular weight is 456 g/mol. The molecule has 0 aliphatic carbocycles. The fraction of sp³-hybridized carbons (Fsp3) is 0.556. The Labute approximate surface area is 197 Å². The van der Waals surface area contributed by atoms with Gasteiger partial charge < -0.3 is 9.84 Å². The summed E-state index contributed by atoms with van der Waals surface area (Å²) in [6, 6.07) is 5.25. The molecular weight excluding hydrogens is 417 g/mol. The number of ether oxygens (including phenoxy) is 1. The highest BCUT2D eigenvalue weighted by atomic mass is 19.1. The van der Waals surface area contributed by atoms with Gasteiger partial charge in [0.05, 0.1) is 17.1 Å². The average Bonchev–Trinajstić information content (AvgIpc) is 2.96. The first-order valence-electron chi connectivity index (χ1n) is 11.9. The molecule has 1 fully saturated rings. The number of rotatable bonds is 8. The Morgan fingerprint density at radius 2 is 2.03 bits per heavy atom. The van der Waals surface area contributed by atoms with Crippen molar-refractivity contribution in [3.05, 3.63) is 58.2 Å². The number of benzene rings is 1. The monoisotopic (exact) mass is 455 g/mol. The summed E-state index contributed by atoms with van der Waals surface area (Å²) in [6.07, 6.45) is 7.40. The third-order valence-corrected chi connectivity index (χ3v) is 6.65. The maximum absolute atomic E-state index is 13.9. The van der Waals surface area contributed by atoms with Gasteiger partial charge in [-0.15, -0.1) is 0 Å². The Morgan fingerprint density at radius 3 is 2.76 bits per heavy atom. The van der Waals surface area contributed by atoms with Gasteiger partial charge in [0.15, 0.2) is 0 Å². The normalized spacial score (nSPS) is 19.5. The summed E-state index contributed by atoms with van der Waals surface area (Å²) in [5.41, 5.74) is 5.34. The Balaban J connectivity index is 1.76. The molecule has 2 heterocycles. The van der Waals surface area contributed by atoms with Crippen molar-refractivity contribution in [2.24, 2.45) is 9.98 Å². The van der Waals surface area contributed by atoms with E-state index in [0.717, 1.165) is 60.2 Å². The number of nitrogens with one attached hydrogen (secondary N) is 1. The Morgan fingerprint density at radius 1 is 1.30 bits per heavy atom. The smallest absolute Gasteiger partial charge is 0.144 e. The summed E-state index contributed by atoms with van der Waals surface area (Å²) in [5, 5.41) is 14.0. The third kappa shape index (κ3) is 6.92. The van der Waals surface area contributed by atoms with E-state index >= 15 is 0 Å². The van der Waals surface area contributed by atoms with Crippen molar-refractivity contribution in [1.82, 2.24) is 5.32 Å². The molecule has 33 heavy (non-hydrogen) atoms.